The molecule has 1 aliphatic rings. The number of rotatable bonds is 0. The van der Waals surface area contributed by atoms with Crippen molar-refractivity contribution in [2.45, 2.75) is 18.9 Å². The third kappa shape index (κ3) is 1.95. The van der Waals surface area contributed by atoms with Gasteiger partial charge in [-0.05, 0) is 12.8 Å². The fourth-order valence-electron chi connectivity index (χ4n) is 0.656. The van der Waals surface area contributed by atoms with Crippen LogP contribution in [-0.4, -0.2) is 6.04 Å². The number of halogens is 1. The highest BCUT2D eigenvalue weighted by molar-refractivity contribution is 5.85. The van der Waals surface area contributed by atoms with Gasteiger partial charge in [-0.3, -0.25) is 0 Å². The largest absolute Gasteiger partial charge is 0.324 e. The van der Waals surface area contributed by atoms with Crippen LogP contribution in [0.15, 0.2) is 12.2 Å². The minimum atomic E-state index is 0. The summed E-state index contributed by atoms with van der Waals surface area (Å²) in [5.41, 5.74) is 5.45. The Morgan fingerprint density at radius 3 is 2.43 bits per heavy atom. The topological polar surface area (TPSA) is 26.0 Å². The standard InChI is InChI=1S/C5H9N.ClH/c6-5-3-1-2-4-5;/h1,3,5H,2,4,6H2;1H. The Hall–Kier alpha value is -0.0100. The Balaban J connectivity index is 0.000000360. The van der Waals surface area contributed by atoms with Crippen LogP contribution in [0.4, 0.5) is 0 Å². The summed E-state index contributed by atoms with van der Waals surface area (Å²) in [6.07, 6.45) is 6.52. The molecule has 0 aromatic rings. The third-order valence-electron chi connectivity index (χ3n) is 1.05. The van der Waals surface area contributed by atoms with E-state index < -0.39 is 0 Å². The molecule has 0 fully saturated rings. The van der Waals surface area contributed by atoms with E-state index in [1.807, 2.05) is 0 Å². The summed E-state index contributed by atoms with van der Waals surface area (Å²) in [6.45, 7) is 0. The number of nitrogens with two attached hydrogens (primary N) is 1. The lowest BCUT2D eigenvalue weighted by Crippen LogP contribution is -2.11. The van der Waals surface area contributed by atoms with Crippen molar-refractivity contribution >= 4 is 12.4 Å². The van der Waals surface area contributed by atoms with Crippen LogP contribution in [0, 0.1) is 0 Å². The molecule has 0 aliphatic heterocycles. The van der Waals surface area contributed by atoms with E-state index in [1.54, 1.807) is 0 Å². The molecule has 0 bridgehead atoms. The van der Waals surface area contributed by atoms with E-state index in [2.05, 4.69) is 12.2 Å². The normalized spacial score (nSPS) is 27.3. The Bertz CT molecular complexity index is 70.5. The Morgan fingerprint density at radius 2 is 2.29 bits per heavy atom. The fraction of sp³-hybridized carbons (Fsp3) is 0.600. The molecule has 0 saturated heterocycles. The van der Waals surface area contributed by atoms with Crippen molar-refractivity contribution in [3.8, 4) is 0 Å². The minimum Gasteiger partial charge on any atom is -0.324 e. The summed E-state index contributed by atoms with van der Waals surface area (Å²) < 4.78 is 0. The summed E-state index contributed by atoms with van der Waals surface area (Å²) >= 11 is 0. The van der Waals surface area contributed by atoms with Crippen LogP contribution >= 0.6 is 12.4 Å². The molecular formula is C5H10ClN. The van der Waals surface area contributed by atoms with Crippen molar-refractivity contribution in [3.05, 3.63) is 12.2 Å². The molecule has 0 saturated carbocycles. The Labute approximate surface area is 50.0 Å². The van der Waals surface area contributed by atoms with Crippen LogP contribution < -0.4 is 5.73 Å². The lowest BCUT2D eigenvalue weighted by molar-refractivity contribution is 0.780. The van der Waals surface area contributed by atoms with Crippen molar-refractivity contribution in [2.75, 3.05) is 0 Å². The minimum absolute atomic E-state index is 0. The molecule has 2 heteroatoms. The molecule has 1 rings (SSSR count). The molecule has 0 aromatic carbocycles. The average molecular weight is 120 g/mol. The molecule has 0 amide bonds. The van der Waals surface area contributed by atoms with Gasteiger partial charge in [0.15, 0.2) is 0 Å². The van der Waals surface area contributed by atoms with E-state index in [0.29, 0.717) is 6.04 Å². The second kappa shape index (κ2) is 3.05. The van der Waals surface area contributed by atoms with Gasteiger partial charge in [0, 0.05) is 6.04 Å². The van der Waals surface area contributed by atoms with Gasteiger partial charge in [-0.25, -0.2) is 0 Å². The van der Waals surface area contributed by atoms with Crippen LogP contribution in [0.3, 0.4) is 0 Å². The van der Waals surface area contributed by atoms with Crippen LogP contribution in [0.5, 0.6) is 0 Å². The van der Waals surface area contributed by atoms with Gasteiger partial charge in [0.05, 0.1) is 0 Å². The van der Waals surface area contributed by atoms with Crippen molar-refractivity contribution in [1.29, 1.82) is 0 Å². The second-order valence-corrected chi connectivity index (χ2v) is 1.67. The van der Waals surface area contributed by atoms with Crippen LogP contribution in [0.25, 0.3) is 0 Å². The molecule has 1 atom stereocenters. The first-order valence-electron chi connectivity index (χ1n) is 2.32. The highest BCUT2D eigenvalue weighted by Crippen LogP contribution is 2.04. The summed E-state index contributed by atoms with van der Waals surface area (Å²) in [5.74, 6) is 0. The molecular weight excluding hydrogens is 110 g/mol. The van der Waals surface area contributed by atoms with Gasteiger partial charge >= 0.3 is 0 Å². The maximum Gasteiger partial charge on any atom is 0.0226 e. The molecule has 0 spiro atoms. The first-order chi connectivity index (χ1) is 2.89. The zero-order valence-corrected chi connectivity index (χ0v) is 4.95. The Morgan fingerprint density at radius 1 is 1.57 bits per heavy atom. The average Bonchev–Trinajstić information content (AvgIpc) is 1.86. The van der Waals surface area contributed by atoms with Gasteiger partial charge < -0.3 is 5.73 Å². The van der Waals surface area contributed by atoms with Gasteiger partial charge in [-0.2, -0.15) is 0 Å². The second-order valence-electron chi connectivity index (χ2n) is 1.67. The maximum atomic E-state index is 5.45. The van der Waals surface area contributed by atoms with Gasteiger partial charge in [0.25, 0.3) is 0 Å². The van der Waals surface area contributed by atoms with Crippen molar-refractivity contribution in [3.63, 3.8) is 0 Å². The summed E-state index contributed by atoms with van der Waals surface area (Å²) in [6, 6.07) is 0.366. The molecule has 42 valence electrons. The van der Waals surface area contributed by atoms with Crippen LogP contribution in [-0.2, 0) is 0 Å². The number of hydrogen-bond acceptors (Lipinski definition) is 1. The van der Waals surface area contributed by atoms with E-state index in [1.165, 1.54) is 6.42 Å². The van der Waals surface area contributed by atoms with Crippen molar-refractivity contribution < 1.29 is 0 Å². The molecule has 2 N–H and O–H groups in total. The molecule has 7 heavy (non-hydrogen) atoms. The third-order valence-corrected chi connectivity index (χ3v) is 1.05. The predicted molar refractivity (Wildman–Crippen MR) is 33.6 cm³/mol. The lowest BCUT2D eigenvalue weighted by atomic mass is 10.3. The fourth-order valence-corrected chi connectivity index (χ4v) is 0.656. The smallest absolute Gasteiger partial charge is 0.0226 e. The quantitative estimate of drug-likeness (QED) is 0.475. The van der Waals surface area contributed by atoms with Crippen molar-refractivity contribution in [1.82, 2.24) is 0 Å². The summed E-state index contributed by atoms with van der Waals surface area (Å²) in [4.78, 5) is 0. The predicted octanol–water partition coefficient (Wildman–Crippen LogP) is 1.09. The molecule has 1 aliphatic carbocycles. The van der Waals surface area contributed by atoms with Gasteiger partial charge in [0.1, 0.15) is 0 Å². The Kier molecular flexibility index (Phi) is 3.05. The van der Waals surface area contributed by atoms with E-state index in [4.69, 9.17) is 5.73 Å². The van der Waals surface area contributed by atoms with Gasteiger partial charge in [-0.15, -0.1) is 12.4 Å². The molecule has 1 unspecified atom stereocenters. The van der Waals surface area contributed by atoms with Crippen molar-refractivity contribution in [2.24, 2.45) is 5.73 Å². The van der Waals surface area contributed by atoms with E-state index >= 15 is 0 Å². The molecule has 0 radical (unpaired) electrons. The van der Waals surface area contributed by atoms with Crippen LogP contribution in [0.1, 0.15) is 12.8 Å². The van der Waals surface area contributed by atoms with Crippen LogP contribution in [0.2, 0.25) is 0 Å². The summed E-state index contributed by atoms with van der Waals surface area (Å²) in [5, 5.41) is 0. The van der Waals surface area contributed by atoms with E-state index in [9.17, 15) is 0 Å². The maximum absolute atomic E-state index is 5.45. The highest BCUT2D eigenvalue weighted by Gasteiger charge is 1.99. The molecule has 0 heterocycles. The zero-order chi connectivity index (χ0) is 4.41. The van der Waals surface area contributed by atoms with E-state index in [-0.39, 0.29) is 12.4 Å². The highest BCUT2D eigenvalue weighted by atomic mass is 35.5. The molecule has 1 nitrogen and oxygen atoms in total. The monoisotopic (exact) mass is 119 g/mol. The zero-order valence-electron chi connectivity index (χ0n) is 4.13. The molecule has 0 aromatic heterocycles. The lowest BCUT2D eigenvalue weighted by Gasteiger charge is -1.90. The van der Waals surface area contributed by atoms with E-state index in [0.717, 1.165) is 6.42 Å². The van der Waals surface area contributed by atoms with Gasteiger partial charge in [-0.1, -0.05) is 12.2 Å². The number of allylic oxidation sites excluding steroid dienone is 1. The van der Waals surface area contributed by atoms with Gasteiger partial charge in [0.2, 0.25) is 0 Å². The SMILES string of the molecule is Cl.NC1C=CCC1. The number of hydrogen-bond donors (Lipinski definition) is 1. The first kappa shape index (κ1) is 6.99. The first-order valence-corrected chi connectivity index (χ1v) is 2.32. The summed E-state index contributed by atoms with van der Waals surface area (Å²) in [7, 11) is 0.